The molecule has 4 aliphatic carbocycles. The molecule has 20 rings (SSSR count). The number of hydrogen-bond acceptors (Lipinski definition) is 3. The minimum atomic E-state index is 0.122. The zero-order valence-corrected chi connectivity index (χ0v) is 40.5. The molecule has 12 atom stereocenters. The van der Waals surface area contributed by atoms with Gasteiger partial charge in [0.25, 0.3) is 0 Å². The zero-order chi connectivity index (χ0) is 42.6. The summed E-state index contributed by atoms with van der Waals surface area (Å²) in [6, 6.07) is 4.89. The normalized spacial score (nSPS) is 61.2. The van der Waals surface area contributed by atoms with Gasteiger partial charge in [-0.2, -0.15) is 0 Å². The van der Waals surface area contributed by atoms with E-state index in [0.29, 0.717) is 17.9 Å². The van der Waals surface area contributed by atoms with Crippen molar-refractivity contribution < 1.29 is 27.4 Å². The maximum Gasteiger partial charge on any atom is 0.110 e. The van der Waals surface area contributed by atoms with Crippen LogP contribution in [0.1, 0.15) is 119 Å². The molecule has 9 heteroatoms. The van der Waals surface area contributed by atoms with E-state index in [1.807, 2.05) is 0 Å². The summed E-state index contributed by atoms with van der Waals surface area (Å²) in [5, 5.41) is 34.9. The van der Waals surface area contributed by atoms with Gasteiger partial charge in [-0.3, -0.25) is 0 Å². The van der Waals surface area contributed by atoms with Crippen LogP contribution in [0.15, 0.2) is 0 Å². The number of rotatable bonds is 0. The number of nitrogens with zero attached hydrogens (tertiary/aromatic N) is 6. The van der Waals surface area contributed by atoms with Gasteiger partial charge in [0.2, 0.25) is 0 Å². The highest BCUT2D eigenvalue weighted by atomic mass is 16.6. The summed E-state index contributed by atoms with van der Waals surface area (Å²) in [4.78, 5) is 0. The molecule has 0 aromatic rings. The second-order valence-corrected chi connectivity index (χ2v) is 27.3. The summed E-state index contributed by atoms with van der Waals surface area (Å²) < 4.78 is 4.59. The topological polar surface area (TPSA) is 69.2 Å². The predicted octanol–water partition coefficient (Wildman–Crippen LogP) is 7.81. The van der Waals surface area contributed by atoms with Crippen molar-refractivity contribution >= 4 is 0 Å². The summed E-state index contributed by atoms with van der Waals surface area (Å²) in [7, 11) is 9.74. The van der Waals surface area contributed by atoms with E-state index in [4.69, 9.17) is 0 Å². The van der Waals surface area contributed by atoms with Crippen molar-refractivity contribution in [2.24, 2.45) is 70.0 Å². The fourth-order valence-electron chi connectivity index (χ4n) is 19.5. The minimum absolute atomic E-state index is 0.122. The summed E-state index contributed by atoms with van der Waals surface area (Å²) in [6.07, 6.45) is 16.0. The zero-order valence-electron chi connectivity index (χ0n) is 40.5. The minimum Gasteiger partial charge on any atom is -0.633 e. The lowest BCUT2D eigenvalue weighted by atomic mass is 9.09. The molecular formula is C51H93N6O3+3. The van der Waals surface area contributed by atoms with E-state index in [0.717, 1.165) is 111 Å². The first kappa shape index (κ1) is 43.5. The van der Waals surface area contributed by atoms with Crippen LogP contribution >= 0.6 is 0 Å². The third kappa shape index (κ3) is 6.58. The van der Waals surface area contributed by atoms with Gasteiger partial charge < -0.3 is 43.0 Å². The molecule has 20 aliphatic rings. The largest absolute Gasteiger partial charge is 0.633 e. The van der Waals surface area contributed by atoms with Crippen molar-refractivity contribution in [3.8, 4) is 0 Å². The Bertz CT molecular complexity index is 1530. The monoisotopic (exact) mass is 838 g/mol. The molecule has 0 amide bonds. The Balaban J connectivity index is 0.0000000866. The predicted molar refractivity (Wildman–Crippen MR) is 242 cm³/mol. The van der Waals surface area contributed by atoms with E-state index in [1.165, 1.54) is 136 Å². The van der Waals surface area contributed by atoms with E-state index in [-0.39, 0.29) is 13.9 Å². The molecule has 342 valence electrons. The van der Waals surface area contributed by atoms with E-state index < -0.39 is 0 Å². The lowest BCUT2D eigenvalue weighted by Crippen LogP contribution is -3.22. The molecule has 4 saturated carbocycles. The average molecular weight is 838 g/mol. The maximum absolute atomic E-state index is 11.8. The maximum atomic E-state index is 11.8. The molecule has 0 radical (unpaired) electrons. The Morgan fingerprint density at radius 3 is 1.37 bits per heavy atom. The van der Waals surface area contributed by atoms with Gasteiger partial charge in [0.05, 0.1) is 136 Å². The highest BCUT2D eigenvalue weighted by molar-refractivity contribution is 5.46. The van der Waals surface area contributed by atoms with Gasteiger partial charge in [0, 0.05) is 99.7 Å². The first-order valence-electron chi connectivity index (χ1n) is 26.3. The number of hydroxylamine groups is 9. The standard InChI is InChI=1S/C10H20N.C9H12N.C9H18N.2C8H15NO.C7H13NO/c1-8-6-9-4-5-10(8)11(2,3)7-9;1-9-5-3-6-4(5)8(9)10(6,2)7(3)9;1-9-3-6-10(2,7-4-9)8-5-9;1-7-6-9(10)4-2-8(7)3-5-9;1-7-6-8-2-4-9(7,10)5-3-8;1-6-4-8(9)3-2-7(6)5-8/h8-10H,4-7H2,1-3H3;3-8H,1-2H3;3-8H2,1-2H3;2*7-8H,2-6H2,1H3;6-7H,2-5H2,1H3/q3*+1;;;. The van der Waals surface area contributed by atoms with Gasteiger partial charge in [-0.1, -0.05) is 27.7 Å². The van der Waals surface area contributed by atoms with Gasteiger partial charge in [-0.05, 0) is 43.9 Å². The molecule has 0 spiro atoms. The number of fused-ring (bicyclic) bond motifs is 14. The molecule has 20 fully saturated rings. The van der Waals surface area contributed by atoms with Crippen molar-refractivity contribution in [3.63, 3.8) is 0 Å². The summed E-state index contributed by atoms with van der Waals surface area (Å²) in [5.74, 6) is 9.70. The second-order valence-electron chi connectivity index (χ2n) is 27.3. The average Bonchev–Trinajstić information content (AvgIpc) is 3.72. The van der Waals surface area contributed by atoms with E-state index in [9.17, 15) is 15.6 Å². The van der Waals surface area contributed by atoms with E-state index in [2.05, 4.69) is 69.7 Å². The summed E-state index contributed by atoms with van der Waals surface area (Å²) in [5.41, 5.74) is 1.65. The molecular weight excluding hydrogens is 745 g/mol. The van der Waals surface area contributed by atoms with Crippen LogP contribution in [0.2, 0.25) is 0 Å². The Labute approximate surface area is 367 Å². The molecule has 16 saturated heterocycles. The molecule has 0 aromatic carbocycles. The van der Waals surface area contributed by atoms with Crippen LogP contribution in [0, 0.1) is 85.6 Å². The van der Waals surface area contributed by atoms with Gasteiger partial charge >= 0.3 is 0 Å². The fourth-order valence-corrected chi connectivity index (χ4v) is 19.5. The summed E-state index contributed by atoms with van der Waals surface area (Å²) >= 11 is 0. The Morgan fingerprint density at radius 1 is 0.517 bits per heavy atom. The second kappa shape index (κ2) is 14.3. The van der Waals surface area contributed by atoms with Crippen LogP contribution in [-0.4, -0.2) is 164 Å². The highest BCUT2D eigenvalue weighted by Gasteiger charge is 3.12. The number of quaternary nitrogens is 6. The Morgan fingerprint density at radius 2 is 1.07 bits per heavy atom. The fraction of sp³-hybridized carbons (Fsp3) is 1.00. The van der Waals surface area contributed by atoms with Gasteiger partial charge in [-0.15, -0.1) is 0 Å². The molecule has 16 heterocycles. The van der Waals surface area contributed by atoms with Gasteiger partial charge in [-0.25, -0.2) is 0 Å². The van der Waals surface area contributed by atoms with Crippen molar-refractivity contribution in [2.75, 3.05) is 107 Å². The van der Waals surface area contributed by atoms with E-state index in [1.54, 1.807) is 4.48 Å². The van der Waals surface area contributed by atoms with Crippen LogP contribution in [0.5, 0.6) is 0 Å². The number of hydrogen-bond donors (Lipinski definition) is 0. The SMILES string of the molecule is CC12C3C4C5C3C1[N+]5(C)C42.CC12CC[N+](C)(CC1)CC2.CC1CC2CCC1[N+](C)(C)C2.CC1CC2CC[N+]1([O-])CC2.CC1C[N+]2([O-])CCC1C2.CC1C[N+]2([O-])CCC1CC2. The molecule has 0 N–H and O–H groups in total. The highest BCUT2D eigenvalue weighted by Crippen LogP contribution is 2.98. The lowest BCUT2D eigenvalue weighted by molar-refractivity contribution is -1.21. The lowest BCUT2D eigenvalue weighted by Gasteiger charge is -3.07. The third-order valence-electron chi connectivity index (χ3n) is 23.3. The Kier molecular flexibility index (Phi) is 10.4. The van der Waals surface area contributed by atoms with Crippen molar-refractivity contribution in [2.45, 2.75) is 149 Å². The van der Waals surface area contributed by atoms with Crippen molar-refractivity contribution in [1.29, 1.82) is 0 Å². The van der Waals surface area contributed by atoms with Crippen LogP contribution in [0.25, 0.3) is 0 Å². The van der Waals surface area contributed by atoms with Crippen LogP contribution in [0.3, 0.4) is 0 Å². The van der Waals surface area contributed by atoms with Crippen molar-refractivity contribution in [1.82, 2.24) is 0 Å². The van der Waals surface area contributed by atoms with Crippen LogP contribution < -0.4 is 0 Å². The third-order valence-corrected chi connectivity index (χ3v) is 23.3. The van der Waals surface area contributed by atoms with Crippen LogP contribution in [0.4, 0.5) is 0 Å². The first-order valence-corrected chi connectivity index (χ1v) is 26.3. The van der Waals surface area contributed by atoms with Gasteiger partial charge in [0.1, 0.15) is 18.1 Å². The van der Waals surface area contributed by atoms with Gasteiger partial charge in [0.15, 0.2) is 0 Å². The summed E-state index contributed by atoms with van der Waals surface area (Å²) in [6.45, 7) is 27.0. The molecule has 12 unspecified atom stereocenters. The van der Waals surface area contributed by atoms with E-state index >= 15 is 0 Å². The molecule has 60 heavy (non-hydrogen) atoms. The molecule has 16 aliphatic heterocycles. The quantitative estimate of drug-likeness (QED) is 0.185. The molecule has 0 aromatic heterocycles. The number of piperidine rings is 24. The van der Waals surface area contributed by atoms with Crippen molar-refractivity contribution in [3.05, 3.63) is 15.6 Å². The molecule has 9 nitrogen and oxygen atoms in total. The molecule has 10 bridgehead atoms. The van der Waals surface area contributed by atoms with Crippen LogP contribution in [-0.2, 0) is 0 Å². The smallest absolute Gasteiger partial charge is 0.110 e. The first-order chi connectivity index (χ1) is 28.0. The Hall–Kier alpha value is -0.360.